The summed E-state index contributed by atoms with van der Waals surface area (Å²) in [5.74, 6) is 0. The number of aryl methyl sites for hydroxylation is 2. The summed E-state index contributed by atoms with van der Waals surface area (Å²) in [6, 6.07) is 4.11. The Labute approximate surface area is 85.0 Å². The Balaban J connectivity index is 2.29. The van der Waals surface area contributed by atoms with Crippen molar-refractivity contribution >= 4 is 0 Å². The van der Waals surface area contributed by atoms with Crippen molar-refractivity contribution in [2.75, 3.05) is 0 Å². The number of aliphatic hydroxyl groups is 1. The number of nitrogens with zero attached hydrogens (tertiary/aromatic N) is 1. The number of pyridine rings is 1. The minimum Gasteiger partial charge on any atom is -0.388 e. The summed E-state index contributed by atoms with van der Waals surface area (Å²) in [7, 11) is 0. The van der Waals surface area contributed by atoms with Crippen molar-refractivity contribution in [2.24, 2.45) is 0 Å². The van der Waals surface area contributed by atoms with Crippen LogP contribution in [-0.4, -0.2) is 10.1 Å². The number of aliphatic hydroxyl groups excluding tert-OH is 1. The topological polar surface area (TPSA) is 33.1 Å². The maximum absolute atomic E-state index is 9.74. The Hall–Kier alpha value is -0.890. The van der Waals surface area contributed by atoms with Crippen LogP contribution in [0.15, 0.2) is 12.1 Å². The van der Waals surface area contributed by atoms with E-state index in [0.29, 0.717) is 0 Å². The molecule has 1 aliphatic rings. The summed E-state index contributed by atoms with van der Waals surface area (Å²) >= 11 is 0. The van der Waals surface area contributed by atoms with E-state index in [4.69, 9.17) is 0 Å². The van der Waals surface area contributed by atoms with Crippen LogP contribution in [0.4, 0.5) is 0 Å². The first-order valence-corrected chi connectivity index (χ1v) is 5.48. The molecule has 0 saturated heterocycles. The highest BCUT2D eigenvalue weighted by Crippen LogP contribution is 2.28. The van der Waals surface area contributed by atoms with Gasteiger partial charge >= 0.3 is 0 Å². The average molecular weight is 191 g/mol. The van der Waals surface area contributed by atoms with Gasteiger partial charge in [0.25, 0.3) is 0 Å². The monoisotopic (exact) mass is 191 g/mol. The van der Waals surface area contributed by atoms with Crippen molar-refractivity contribution in [3.8, 4) is 0 Å². The normalized spacial score (nSPS) is 20.6. The molecule has 1 unspecified atom stereocenters. The smallest absolute Gasteiger partial charge is 0.0807 e. The van der Waals surface area contributed by atoms with Crippen molar-refractivity contribution in [1.29, 1.82) is 0 Å². The molecule has 0 amide bonds. The highest BCUT2D eigenvalue weighted by molar-refractivity contribution is 5.27. The lowest BCUT2D eigenvalue weighted by molar-refractivity contribution is 0.155. The SMILES string of the molecule is CCCc1ccc2c(n1)CCCC2O. The molecule has 2 heteroatoms. The third-order valence-electron chi connectivity index (χ3n) is 2.82. The summed E-state index contributed by atoms with van der Waals surface area (Å²) in [4.78, 5) is 4.59. The maximum Gasteiger partial charge on any atom is 0.0807 e. The molecule has 0 fully saturated rings. The number of rotatable bonds is 2. The van der Waals surface area contributed by atoms with Gasteiger partial charge < -0.3 is 5.11 Å². The maximum atomic E-state index is 9.74. The van der Waals surface area contributed by atoms with Gasteiger partial charge in [-0.15, -0.1) is 0 Å². The van der Waals surface area contributed by atoms with E-state index in [1.165, 1.54) is 5.69 Å². The van der Waals surface area contributed by atoms with Gasteiger partial charge in [-0.2, -0.15) is 0 Å². The lowest BCUT2D eigenvalue weighted by Gasteiger charge is -2.20. The molecule has 1 atom stereocenters. The molecular formula is C12H17NO. The van der Waals surface area contributed by atoms with Crippen molar-refractivity contribution in [3.63, 3.8) is 0 Å². The van der Waals surface area contributed by atoms with Gasteiger partial charge in [-0.3, -0.25) is 4.98 Å². The molecule has 76 valence electrons. The van der Waals surface area contributed by atoms with E-state index in [1.807, 2.05) is 0 Å². The van der Waals surface area contributed by atoms with Gasteiger partial charge in [-0.05, 0) is 31.7 Å². The van der Waals surface area contributed by atoms with Crippen LogP contribution in [0, 0.1) is 0 Å². The van der Waals surface area contributed by atoms with Crippen molar-refractivity contribution in [2.45, 2.75) is 45.1 Å². The Morgan fingerprint density at radius 3 is 3.14 bits per heavy atom. The van der Waals surface area contributed by atoms with Crippen LogP contribution >= 0.6 is 0 Å². The highest BCUT2D eigenvalue weighted by Gasteiger charge is 2.18. The fourth-order valence-corrected chi connectivity index (χ4v) is 2.07. The molecule has 0 radical (unpaired) electrons. The molecule has 1 aromatic rings. The zero-order valence-electron chi connectivity index (χ0n) is 8.66. The van der Waals surface area contributed by atoms with Crippen LogP contribution in [0.1, 0.15) is 49.2 Å². The van der Waals surface area contributed by atoms with Crippen LogP contribution in [0.5, 0.6) is 0 Å². The van der Waals surface area contributed by atoms with Crippen molar-refractivity contribution < 1.29 is 5.11 Å². The lowest BCUT2D eigenvalue weighted by atomic mass is 9.93. The number of fused-ring (bicyclic) bond motifs is 1. The van der Waals surface area contributed by atoms with Crippen LogP contribution in [0.2, 0.25) is 0 Å². The second kappa shape index (κ2) is 4.09. The molecule has 0 aliphatic heterocycles. The van der Waals surface area contributed by atoms with Crippen LogP contribution < -0.4 is 0 Å². The summed E-state index contributed by atoms with van der Waals surface area (Å²) in [6.07, 6.45) is 4.89. The lowest BCUT2D eigenvalue weighted by Crippen LogP contribution is -2.11. The standard InChI is InChI=1S/C12H17NO/c1-2-4-9-7-8-10-11(13-9)5-3-6-12(10)14/h7-8,12,14H,2-6H2,1H3. The predicted octanol–water partition coefficient (Wildman–Crippen LogP) is 2.40. The van der Waals surface area contributed by atoms with Crippen molar-refractivity contribution in [3.05, 3.63) is 29.1 Å². The van der Waals surface area contributed by atoms with Crippen LogP contribution in [0.3, 0.4) is 0 Å². The van der Waals surface area contributed by atoms with Gasteiger partial charge in [0, 0.05) is 17.0 Å². The van der Waals surface area contributed by atoms with Gasteiger partial charge in [0.15, 0.2) is 0 Å². The Bertz CT molecular complexity index is 322. The number of hydrogen-bond acceptors (Lipinski definition) is 2. The number of hydrogen-bond donors (Lipinski definition) is 1. The van der Waals surface area contributed by atoms with Crippen LogP contribution in [0.25, 0.3) is 0 Å². The number of aromatic nitrogens is 1. The first-order chi connectivity index (χ1) is 6.81. The molecule has 0 aromatic carbocycles. The fourth-order valence-electron chi connectivity index (χ4n) is 2.07. The van der Waals surface area contributed by atoms with Crippen LogP contribution in [-0.2, 0) is 12.8 Å². The Kier molecular flexibility index (Phi) is 2.82. The summed E-state index contributed by atoms with van der Waals surface area (Å²) in [5.41, 5.74) is 3.34. The molecule has 0 saturated carbocycles. The predicted molar refractivity (Wildman–Crippen MR) is 56.1 cm³/mol. The highest BCUT2D eigenvalue weighted by atomic mass is 16.3. The van der Waals surface area contributed by atoms with E-state index in [-0.39, 0.29) is 6.10 Å². The van der Waals surface area contributed by atoms with E-state index >= 15 is 0 Å². The van der Waals surface area contributed by atoms with E-state index < -0.39 is 0 Å². The second-order valence-electron chi connectivity index (χ2n) is 4.00. The molecule has 14 heavy (non-hydrogen) atoms. The minimum absolute atomic E-state index is 0.276. The zero-order valence-corrected chi connectivity index (χ0v) is 8.66. The second-order valence-corrected chi connectivity index (χ2v) is 4.00. The summed E-state index contributed by atoms with van der Waals surface area (Å²) in [6.45, 7) is 2.16. The minimum atomic E-state index is -0.276. The molecule has 0 bridgehead atoms. The average Bonchev–Trinajstić information content (AvgIpc) is 2.18. The van der Waals surface area contributed by atoms with Gasteiger partial charge in [0.1, 0.15) is 0 Å². The molecule has 1 heterocycles. The quantitative estimate of drug-likeness (QED) is 0.778. The Morgan fingerprint density at radius 2 is 2.36 bits per heavy atom. The van der Waals surface area contributed by atoms with Crippen molar-refractivity contribution in [1.82, 2.24) is 4.98 Å². The third kappa shape index (κ3) is 1.80. The molecule has 2 rings (SSSR count). The largest absolute Gasteiger partial charge is 0.388 e. The zero-order chi connectivity index (χ0) is 9.97. The van der Waals surface area contributed by atoms with E-state index in [0.717, 1.165) is 43.4 Å². The van der Waals surface area contributed by atoms with Gasteiger partial charge in [0.05, 0.1) is 6.10 Å². The molecule has 2 nitrogen and oxygen atoms in total. The van der Waals surface area contributed by atoms with Gasteiger partial charge in [-0.25, -0.2) is 0 Å². The summed E-state index contributed by atoms with van der Waals surface area (Å²) < 4.78 is 0. The van der Waals surface area contributed by atoms with Gasteiger partial charge in [-0.1, -0.05) is 19.4 Å². The van der Waals surface area contributed by atoms with Gasteiger partial charge in [0.2, 0.25) is 0 Å². The molecular weight excluding hydrogens is 174 g/mol. The molecule has 0 spiro atoms. The molecule has 1 aromatic heterocycles. The fraction of sp³-hybridized carbons (Fsp3) is 0.583. The first-order valence-electron chi connectivity index (χ1n) is 5.48. The molecule has 1 aliphatic carbocycles. The van der Waals surface area contributed by atoms with E-state index in [2.05, 4.69) is 24.0 Å². The first kappa shape index (κ1) is 9.66. The molecule has 1 N–H and O–H groups in total. The Morgan fingerprint density at radius 1 is 1.50 bits per heavy atom. The van der Waals surface area contributed by atoms with E-state index in [1.54, 1.807) is 0 Å². The summed E-state index contributed by atoms with van der Waals surface area (Å²) in [5, 5.41) is 9.74. The third-order valence-corrected chi connectivity index (χ3v) is 2.82. The van der Waals surface area contributed by atoms with E-state index in [9.17, 15) is 5.11 Å².